The zero-order valence-electron chi connectivity index (χ0n) is 18.0. The Kier molecular flexibility index (Phi) is 5.63. The molecule has 0 bridgehead atoms. The molecule has 4 heterocycles. The Bertz CT molecular complexity index is 1230. The lowest BCUT2D eigenvalue weighted by Crippen LogP contribution is -2.27. The number of nitrogens with zero attached hydrogens (tertiary/aromatic N) is 5. The highest BCUT2D eigenvalue weighted by atomic mass is 19.1. The highest BCUT2D eigenvalue weighted by molar-refractivity contribution is 5.58. The molecule has 4 aromatic rings. The van der Waals surface area contributed by atoms with Crippen molar-refractivity contribution < 1.29 is 4.39 Å². The maximum absolute atomic E-state index is 13.3. The minimum atomic E-state index is -0.587. The Hall–Kier alpha value is -3.23. The van der Waals surface area contributed by atoms with Gasteiger partial charge in [-0.2, -0.15) is 5.10 Å². The summed E-state index contributed by atoms with van der Waals surface area (Å²) in [6.45, 7) is 4.07. The number of imidazole rings is 1. The summed E-state index contributed by atoms with van der Waals surface area (Å²) >= 11 is 0. The minimum Gasteiger partial charge on any atom is -0.317 e. The van der Waals surface area contributed by atoms with Crippen LogP contribution in [0, 0.1) is 5.82 Å². The van der Waals surface area contributed by atoms with E-state index in [2.05, 4.69) is 28.3 Å². The number of nitrogens with two attached hydrogens (primary N) is 1. The van der Waals surface area contributed by atoms with Crippen molar-refractivity contribution in [3.8, 4) is 11.3 Å². The SMILES string of the molecule is CCc1nc2ccc(C3CCNCC3)nn2c1C(N)c1nccc(-c2ccc(F)cc2)n1. The van der Waals surface area contributed by atoms with Crippen molar-refractivity contribution in [1.82, 2.24) is 29.9 Å². The standard InChI is InChI=1S/C24H26FN7/c1-2-18-23(32-21(29-18)8-7-20(31-32)16-9-12-27-13-10-16)22(26)24-28-14-11-19(30-24)15-3-5-17(25)6-4-15/h3-8,11,14,16,22,27H,2,9-10,12-13,26H2,1H3. The van der Waals surface area contributed by atoms with Gasteiger partial charge in [0.25, 0.3) is 0 Å². The van der Waals surface area contributed by atoms with Gasteiger partial charge in [-0.15, -0.1) is 0 Å². The zero-order valence-corrected chi connectivity index (χ0v) is 18.0. The molecule has 8 heteroatoms. The summed E-state index contributed by atoms with van der Waals surface area (Å²) in [5, 5.41) is 8.36. The molecule has 32 heavy (non-hydrogen) atoms. The highest BCUT2D eigenvalue weighted by Gasteiger charge is 2.24. The van der Waals surface area contributed by atoms with Crippen molar-refractivity contribution in [3.63, 3.8) is 0 Å². The number of fused-ring (bicyclic) bond motifs is 1. The Labute approximate surface area is 185 Å². The van der Waals surface area contributed by atoms with E-state index in [0.29, 0.717) is 17.4 Å². The normalized spacial score (nSPS) is 15.8. The fraction of sp³-hybridized carbons (Fsp3) is 0.333. The minimum absolute atomic E-state index is 0.284. The van der Waals surface area contributed by atoms with Crippen molar-refractivity contribution in [2.24, 2.45) is 5.73 Å². The maximum Gasteiger partial charge on any atom is 0.154 e. The summed E-state index contributed by atoms with van der Waals surface area (Å²) in [6, 6.07) is 11.6. The van der Waals surface area contributed by atoms with Crippen molar-refractivity contribution in [3.05, 3.63) is 77.4 Å². The van der Waals surface area contributed by atoms with Gasteiger partial charge in [0.15, 0.2) is 11.5 Å². The molecule has 0 aliphatic carbocycles. The molecule has 164 valence electrons. The van der Waals surface area contributed by atoms with Crippen molar-refractivity contribution >= 4 is 5.65 Å². The lowest BCUT2D eigenvalue weighted by atomic mass is 9.94. The van der Waals surface area contributed by atoms with Crippen molar-refractivity contribution in [2.45, 2.75) is 38.1 Å². The van der Waals surface area contributed by atoms with Crippen LogP contribution in [0.25, 0.3) is 16.9 Å². The van der Waals surface area contributed by atoms with Crippen molar-refractivity contribution in [1.29, 1.82) is 0 Å². The molecule has 0 amide bonds. The molecule has 1 saturated heterocycles. The average molecular weight is 432 g/mol. The molecule has 7 nitrogen and oxygen atoms in total. The number of nitrogens with one attached hydrogen (secondary N) is 1. The van der Waals surface area contributed by atoms with Gasteiger partial charge in [-0.25, -0.2) is 23.9 Å². The van der Waals surface area contributed by atoms with Crippen LogP contribution in [0.1, 0.15) is 54.6 Å². The number of piperidine rings is 1. The summed E-state index contributed by atoms with van der Waals surface area (Å²) in [7, 11) is 0. The first kappa shape index (κ1) is 20.7. The monoisotopic (exact) mass is 431 g/mol. The first-order valence-corrected chi connectivity index (χ1v) is 11.1. The second kappa shape index (κ2) is 8.72. The second-order valence-electron chi connectivity index (χ2n) is 8.13. The topological polar surface area (TPSA) is 94.0 Å². The molecule has 1 aromatic carbocycles. The number of hydrogen-bond acceptors (Lipinski definition) is 6. The maximum atomic E-state index is 13.3. The fourth-order valence-corrected chi connectivity index (χ4v) is 4.34. The number of aromatic nitrogens is 5. The molecule has 1 aliphatic heterocycles. The van der Waals surface area contributed by atoms with Gasteiger partial charge in [0.05, 0.1) is 22.8 Å². The van der Waals surface area contributed by atoms with E-state index < -0.39 is 6.04 Å². The molecule has 1 unspecified atom stereocenters. The number of hydrogen-bond donors (Lipinski definition) is 2. The lowest BCUT2D eigenvalue weighted by molar-refractivity contribution is 0.448. The van der Waals surface area contributed by atoms with Crippen LogP contribution in [-0.4, -0.2) is 37.7 Å². The summed E-state index contributed by atoms with van der Waals surface area (Å²) < 4.78 is 15.2. The van der Waals surface area contributed by atoms with Crippen LogP contribution < -0.4 is 11.1 Å². The summed E-state index contributed by atoms with van der Waals surface area (Å²) in [5.74, 6) is 0.626. The van der Waals surface area contributed by atoms with Gasteiger partial charge in [-0.05, 0) is 74.8 Å². The first-order chi connectivity index (χ1) is 15.6. The zero-order chi connectivity index (χ0) is 22.1. The van der Waals surface area contributed by atoms with E-state index in [1.807, 2.05) is 10.6 Å². The summed E-state index contributed by atoms with van der Waals surface area (Å²) in [5.41, 5.74) is 11.8. The van der Waals surface area contributed by atoms with Crippen LogP contribution in [-0.2, 0) is 6.42 Å². The third-order valence-electron chi connectivity index (χ3n) is 6.09. The predicted molar refractivity (Wildman–Crippen MR) is 121 cm³/mol. The van der Waals surface area contributed by atoms with Gasteiger partial charge in [0.1, 0.15) is 11.9 Å². The number of rotatable bonds is 5. The third kappa shape index (κ3) is 3.87. The number of aryl methyl sites for hydroxylation is 1. The molecule has 0 saturated carbocycles. The Morgan fingerprint density at radius 2 is 1.88 bits per heavy atom. The van der Waals surface area contributed by atoms with Gasteiger partial charge in [-0.3, -0.25) is 0 Å². The van der Waals surface area contributed by atoms with Crippen LogP contribution >= 0.6 is 0 Å². The van der Waals surface area contributed by atoms with Crippen molar-refractivity contribution in [2.75, 3.05) is 13.1 Å². The fourth-order valence-electron chi connectivity index (χ4n) is 4.34. The molecule has 3 aromatic heterocycles. The third-order valence-corrected chi connectivity index (χ3v) is 6.09. The summed E-state index contributed by atoms with van der Waals surface area (Å²) in [6.07, 6.45) is 4.55. The van der Waals surface area contributed by atoms with Gasteiger partial charge < -0.3 is 11.1 Å². The molecular weight excluding hydrogens is 405 g/mol. The first-order valence-electron chi connectivity index (χ1n) is 11.1. The van der Waals surface area contributed by atoms with E-state index in [9.17, 15) is 4.39 Å². The molecule has 1 aliphatic rings. The number of benzene rings is 1. The molecular formula is C24H26FN7. The van der Waals surface area contributed by atoms with E-state index in [1.54, 1.807) is 24.4 Å². The van der Waals surface area contributed by atoms with Gasteiger partial charge in [0, 0.05) is 17.7 Å². The van der Waals surface area contributed by atoms with Gasteiger partial charge in [-0.1, -0.05) is 6.92 Å². The van der Waals surface area contributed by atoms with E-state index in [1.165, 1.54) is 12.1 Å². The van der Waals surface area contributed by atoms with Crippen LogP contribution in [0.4, 0.5) is 4.39 Å². The second-order valence-corrected chi connectivity index (χ2v) is 8.13. The van der Waals surface area contributed by atoms with E-state index >= 15 is 0 Å². The molecule has 1 atom stereocenters. The molecule has 1 fully saturated rings. The van der Waals surface area contributed by atoms with Crippen LogP contribution in [0.5, 0.6) is 0 Å². The Balaban J connectivity index is 1.55. The van der Waals surface area contributed by atoms with Gasteiger partial charge >= 0.3 is 0 Å². The Morgan fingerprint density at radius 3 is 2.62 bits per heavy atom. The summed E-state index contributed by atoms with van der Waals surface area (Å²) in [4.78, 5) is 13.9. The van der Waals surface area contributed by atoms with Crippen LogP contribution in [0.3, 0.4) is 0 Å². The largest absolute Gasteiger partial charge is 0.317 e. The van der Waals surface area contributed by atoms with E-state index in [-0.39, 0.29) is 5.82 Å². The van der Waals surface area contributed by atoms with Crippen LogP contribution in [0.15, 0.2) is 48.7 Å². The molecule has 5 rings (SSSR count). The number of halogens is 1. The molecule has 0 spiro atoms. The van der Waals surface area contributed by atoms with E-state index in [0.717, 1.165) is 60.6 Å². The highest BCUT2D eigenvalue weighted by Crippen LogP contribution is 2.27. The smallest absolute Gasteiger partial charge is 0.154 e. The Morgan fingerprint density at radius 1 is 1.09 bits per heavy atom. The van der Waals surface area contributed by atoms with Crippen LogP contribution in [0.2, 0.25) is 0 Å². The predicted octanol–water partition coefficient (Wildman–Crippen LogP) is 3.40. The lowest BCUT2D eigenvalue weighted by Gasteiger charge is -2.22. The van der Waals surface area contributed by atoms with E-state index in [4.69, 9.17) is 15.8 Å². The molecule has 3 N–H and O–H groups in total. The molecule has 0 radical (unpaired) electrons. The average Bonchev–Trinajstić information content (AvgIpc) is 3.22. The quantitative estimate of drug-likeness (QED) is 0.503. The van der Waals surface area contributed by atoms with Gasteiger partial charge in [0.2, 0.25) is 0 Å².